The minimum atomic E-state index is -0.266. The molecule has 0 saturated heterocycles. The summed E-state index contributed by atoms with van der Waals surface area (Å²) in [5.41, 5.74) is 8.03. The number of aromatic nitrogens is 2. The van der Waals surface area contributed by atoms with Crippen molar-refractivity contribution in [3.05, 3.63) is 24.0 Å². The van der Waals surface area contributed by atoms with Gasteiger partial charge in [0.25, 0.3) is 0 Å². The summed E-state index contributed by atoms with van der Waals surface area (Å²) in [5, 5.41) is 0. The summed E-state index contributed by atoms with van der Waals surface area (Å²) in [5.74, 6) is 0.563. The number of nitrogens with zero attached hydrogens (tertiary/aromatic N) is 2. The van der Waals surface area contributed by atoms with Gasteiger partial charge in [0.2, 0.25) is 0 Å². The van der Waals surface area contributed by atoms with Crippen LogP contribution in [0.4, 0.5) is 5.69 Å². The summed E-state index contributed by atoms with van der Waals surface area (Å²) in [4.78, 5) is 16.7. The zero-order valence-corrected chi connectivity index (χ0v) is 13.3. The molecule has 2 N–H and O–H groups in total. The van der Waals surface area contributed by atoms with Gasteiger partial charge in [-0.15, -0.1) is 0 Å². The molecular formula is C16H23N3O2. The molecule has 0 fully saturated rings. The molecule has 2 rings (SSSR count). The number of hydrogen-bond donors (Lipinski definition) is 1. The molecule has 0 spiro atoms. The van der Waals surface area contributed by atoms with Crippen molar-refractivity contribution in [3.63, 3.8) is 0 Å². The van der Waals surface area contributed by atoms with Crippen LogP contribution in [-0.2, 0) is 21.5 Å². The van der Waals surface area contributed by atoms with E-state index in [0.29, 0.717) is 5.69 Å². The highest BCUT2D eigenvalue weighted by Crippen LogP contribution is 2.29. The van der Waals surface area contributed by atoms with Gasteiger partial charge in [-0.25, -0.2) is 4.98 Å². The first-order chi connectivity index (χ1) is 9.70. The molecule has 1 aromatic carbocycles. The Bertz CT molecular complexity index is 666. The first kappa shape index (κ1) is 15.4. The quantitative estimate of drug-likeness (QED) is 0.696. The van der Waals surface area contributed by atoms with E-state index in [4.69, 9.17) is 10.5 Å². The summed E-state index contributed by atoms with van der Waals surface area (Å²) in [6, 6.07) is 5.62. The van der Waals surface area contributed by atoms with Crippen molar-refractivity contribution in [2.24, 2.45) is 0 Å². The van der Waals surface area contributed by atoms with Crippen molar-refractivity contribution in [1.82, 2.24) is 9.55 Å². The summed E-state index contributed by atoms with van der Waals surface area (Å²) in [7, 11) is 0. The van der Waals surface area contributed by atoms with E-state index in [0.717, 1.165) is 16.9 Å². The molecule has 1 heterocycles. The topological polar surface area (TPSA) is 70.1 Å². The van der Waals surface area contributed by atoms with Gasteiger partial charge in [0.15, 0.2) is 0 Å². The fourth-order valence-corrected chi connectivity index (χ4v) is 2.33. The number of para-hydroxylation sites is 1. The second-order valence-electron chi connectivity index (χ2n) is 6.53. The molecule has 21 heavy (non-hydrogen) atoms. The van der Waals surface area contributed by atoms with E-state index < -0.39 is 0 Å². The van der Waals surface area contributed by atoms with Gasteiger partial charge in [0.1, 0.15) is 17.9 Å². The van der Waals surface area contributed by atoms with Crippen molar-refractivity contribution in [2.45, 2.75) is 52.7 Å². The molecule has 0 atom stereocenters. The van der Waals surface area contributed by atoms with Crippen molar-refractivity contribution < 1.29 is 9.53 Å². The Morgan fingerprint density at radius 2 is 2.05 bits per heavy atom. The van der Waals surface area contributed by atoms with Crippen molar-refractivity contribution in [1.29, 1.82) is 0 Å². The molecule has 0 aliphatic heterocycles. The highest BCUT2D eigenvalue weighted by molar-refractivity contribution is 5.88. The number of hydrogen-bond acceptors (Lipinski definition) is 4. The lowest BCUT2D eigenvalue weighted by Gasteiger charge is -2.20. The number of rotatable bonds is 3. The number of ether oxygens (including phenoxy) is 1. The Morgan fingerprint density at radius 3 is 2.62 bits per heavy atom. The third kappa shape index (κ3) is 3.17. The Labute approximate surface area is 125 Å². The molecule has 1 aromatic heterocycles. The highest BCUT2D eigenvalue weighted by atomic mass is 16.5. The predicted octanol–water partition coefficient (Wildman–Crippen LogP) is 2.87. The van der Waals surface area contributed by atoms with Crippen LogP contribution in [0, 0.1) is 0 Å². The minimum absolute atomic E-state index is 0.129. The van der Waals surface area contributed by atoms with Gasteiger partial charge in [-0.3, -0.25) is 4.79 Å². The summed E-state index contributed by atoms with van der Waals surface area (Å²) in [6.45, 7) is 10.0. The zero-order chi connectivity index (χ0) is 15.8. The van der Waals surface area contributed by atoms with Gasteiger partial charge >= 0.3 is 5.97 Å². The molecule has 0 amide bonds. The maximum atomic E-state index is 12.0. The Balaban J connectivity index is 2.54. The summed E-state index contributed by atoms with van der Waals surface area (Å²) < 4.78 is 7.15. The largest absolute Gasteiger partial charge is 0.462 e. The maximum absolute atomic E-state index is 12.0. The maximum Gasteiger partial charge on any atom is 0.326 e. The van der Waals surface area contributed by atoms with Crippen molar-refractivity contribution >= 4 is 22.7 Å². The third-order valence-electron chi connectivity index (χ3n) is 3.14. The molecule has 114 valence electrons. The van der Waals surface area contributed by atoms with Crippen LogP contribution < -0.4 is 5.73 Å². The van der Waals surface area contributed by atoms with E-state index in [1.165, 1.54) is 0 Å². The summed E-state index contributed by atoms with van der Waals surface area (Å²) in [6.07, 6.45) is -0.129. The zero-order valence-electron chi connectivity index (χ0n) is 13.3. The van der Waals surface area contributed by atoms with Gasteiger partial charge in [-0.1, -0.05) is 26.8 Å². The molecule has 5 nitrogen and oxygen atoms in total. The van der Waals surface area contributed by atoms with Gasteiger partial charge in [-0.2, -0.15) is 0 Å². The first-order valence-corrected chi connectivity index (χ1v) is 7.15. The number of imidazole rings is 1. The minimum Gasteiger partial charge on any atom is -0.462 e. The van der Waals surface area contributed by atoms with Crippen LogP contribution in [0.5, 0.6) is 0 Å². The second kappa shape index (κ2) is 5.39. The van der Waals surface area contributed by atoms with E-state index in [9.17, 15) is 4.79 Å². The normalized spacial score (nSPS) is 12.1. The Hall–Kier alpha value is -2.04. The molecule has 0 radical (unpaired) electrons. The number of anilines is 1. The number of carbonyl (C=O) groups is 1. The molecule has 2 aromatic rings. The lowest BCUT2D eigenvalue weighted by Crippen LogP contribution is -2.24. The smallest absolute Gasteiger partial charge is 0.326 e. The van der Waals surface area contributed by atoms with E-state index in [1.807, 2.05) is 36.6 Å². The van der Waals surface area contributed by atoms with Gasteiger partial charge in [0, 0.05) is 5.41 Å². The lowest BCUT2D eigenvalue weighted by atomic mass is 9.95. The number of carbonyl (C=O) groups excluding carboxylic acids is 1. The average molecular weight is 289 g/mol. The van der Waals surface area contributed by atoms with Crippen LogP contribution in [0.3, 0.4) is 0 Å². The van der Waals surface area contributed by atoms with Crippen LogP contribution in [-0.4, -0.2) is 21.6 Å². The third-order valence-corrected chi connectivity index (χ3v) is 3.14. The van der Waals surface area contributed by atoms with E-state index >= 15 is 0 Å². The fourth-order valence-electron chi connectivity index (χ4n) is 2.33. The van der Waals surface area contributed by atoms with Crippen LogP contribution in [0.1, 0.15) is 40.4 Å². The van der Waals surface area contributed by atoms with Crippen molar-refractivity contribution in [3.8, 4) is 0 Å². The number of esters is 1. The Morgan fingerprint density at radius 1 is 1.38 bits per heavy atom. The van der Waals surface area contributed by atoms with Crippen molar-refractivity contribution in [2.75, 3.05) is 5.73 Å². The van der Waals surface area contributed by atoms with E-state index in [1.54, 1.807) is 0 Å². The SMILES string of the molecule is CC(C)OC(=O)Cn1c(C(C)(C)C)nc2c(N)cccc21. The monoisotopic (exact) mass is 289 g/mol. The van der Waals surface area contributed by atoms with Crippen LogP contribution >= 0.6 is 0 Å². The summed E-state index contributed by atoms with van der Waals surface area (Å²) >= 11 is 0. The molecular weight excluding hydrogens is 266 g/mol. The van der Waals surface area contributed by atoms with E-state index in [2.05, 4.69) is 25.8 Å². The number of nitrogens with two attached hydrogens (primary N) is 1. The molecule has 0 aliphatic carbocycles. The van der Waals surface area contributed by atoms with Gasteiger partial charge in [-0.05, 0) is 26.0 Å². The predicted molar refractivity (Wildman–Crippen MR) is 84.1 cm³/mol. The van der Waals surface area contributed by atoms with Gasteiger partial charge < -0.3 is 15.0 Å². The number of fused-ring (bicyclic) bond motifs is 1. The van der Waals surface area contributed by atoms with Gasteiger partial charge in [0.05, 0.1) is 17.3 Å². The van der Waals surface area contributed by atoms with Crippen LogP contribution in [0.2, 0.25) is 0 Å². The second-order valence-corrected chi connectivity index (χ2v) is 6.53. The molecule has 5 heteroatoms. The van der Waals surface area contributed by atoms with E-state index in [-0.39, 0.29) is 24.0 Å². The van der Waals surface area contributed by atoms with Crippen LogP contribution in [0.15, 0.2) is 18.2 Å². The molecule has 0 aliphatic rings. The Kier molecular flexibility index (Phi) is 3.94. The first-order valence-electron chi connectivity index (χ1n) is 7.15. The molecule has 0 saturated carbocycles. The average Bonchev–Trinajstić information content (AvgIpc) is 2.68. The standard InChI is InChI=1S/C16H23N3O2/c1-10(2)21-13(20)9-19-12-8-6-7-11(17)14(12)18-15(19)16(3,4)5/h6-8,10H,9,17H2,1-5H3. The number of nitrogen functional groups attached to an aromatic ring is 1. The number of benzene rings is 1. The van der Waals surface area contributed by atoms with Crippen LogP contribution in [0.25, 0.3) is 11.0 Å². The molecule has 0 unspecified atom stereocenters. The highest BCUT2D eigenvalue weighted by Gasteiger charge is 2.25. The molecule has 0 bridgehead atoms. The lowest BCUT2D eigenvalue weighted by molar-refractivity contribution is -0.148. The fraction of sp³-hybridized carbons (Fsp3) is 0.500.